The lowest BCUT2D eigenvalue weighted by Gasteiger charge is -2.09. The third-order valence-corrected chi connectivity index (χ3v) is 6.48. The van der Waals surface area contributed by atoms with Crippen LogP contribution in [0.5, 0.6) is 0 Å². The molecule has 1 aliphatic heterocycles. The molecule has 0 radical (unpaired) electrons. The fraction of sp³-hybridized carbons (Fsp3) is 0.0500. The molecule has 30 heavy (non-hydrogen) atoms. The van der Waals surface area contributed by atoms with E-state index in [-0.39, 0.29) is 14.9 Å². The topological polar surface area (TPSA) is 101 Å². The molecule has 0 aliphatic carbocycles. The minimum absolute atomic E-state index is 0.0459. The summed E-state index contributed by atoms with van der Waals surface area (Å²) in [5.41, 5.74) is 4.28. The van der Waals surface area contributed by atoms with E-state index in [2.05, 4.69) is 20.3 Å². The molecule has 5 rings (SSSR count). The Labute approximate surface area is 182 Å². The number of pyridine rings is 2. The maximum absolute atomic E-state index is 11.9. The van der Waals surface area contributed by atoms with Gasteiger partial charge in [0.2, 0.25) is 0 Å². The van der Waals surface area contributed by atoms with E-state index in [0.717, 1.165) is 28.8 Å². The van der Waals surface area contributed by atoms with Gasteiger partial charge in [-0.15, -0.1) is 0 Å². The van der Waals surface area contributed by atoms with E-state index in [9.17, 15) is 8.42 Å². The van der Waals surface area contributed by atoms with Crippen molar-refractivity contribution in [2.45, 2.75) is 4.90 Å². The molecule has 150 valence electrons. The van der Waals surface area contributed by atoms with Crippen LogP contribution in [-0.4, -0.2) is 34.6 Å². The van der Waals surface area contributed by atoms with Crippen molar-refractivity contribution < 1.29 is 8.42 Å². The van der Waals surface area contributed by atoms with Crippen molar-refractivity contribution in [2.24, 2.45) is 0 Å². The molecule has 0 fully saturated rings. The maximum Gasteiger partial charge on any atom is 0.175 e. The van der Waals surface area contributed by atoms with E-state index in [1.807, 2.05) is 18.2 Å². The number of hydrogen-bond acceptors (Lipinski definition) is 6. The van der Waals surface area contributed by atoms with Crippen LogP contribution >= 0.6 is 23.2 Å². The molecule has 0 saturated heterocycles. The summed E-state index contributed by atoms with van der Waals surface area (Å²) in [7, 11) is -3.46. The standard InChI is InChI=1S/C20H13Cl2N5O2S/c1-30(28,29)10-7-13(21)16(14(22)8-10)20-26-17-11-4-6-23-9-15(11)25-19-12(18(17)27-20)3-2-5-24-19/h2-9H,1H3,(H,24,25)(H,26,27). The molecule has 0 spiro atoms. The molecule has 4 heterocycles. The highest BCUT2D eigenvalue weighted by atomic mass is 35.5. The van der Waals surface area contributed by atoms with Crippen LogP contribution in [0.4, 0.5) is 11.5 Å². The van der Waals surface area contributed by atoms with Crippen LogP contribution in [0.15, 0.2) is 53.8 Å². The Bertz CT molecular complexity index is 1350. The Hall–Kier alpha value is -2.94. The van der Waals surface area contributed by atoms with Gasteiger partial charge >= 0.3 is 0 Å². The SMILES string of the molecule is CS(=O)(=O)c1cc(Cl)c(-c2nc3c([nH]2)-c2ccncc2Nc2ncccc2-3)c(Cl)c1. The van der Waals surface area contributed by atoms with Crippen molar-refractivity contribution in [3.05, 3.63) is 59.0 Å². The molecule has 10 heteroatoms. The molecule has 0 bridgehead atoms. The molecular weight excluding hydrogens is 445 g/mol. The number of nitrogens with one attached hydrogen (secondary N) is 2. The van der Waals surface area contributed by atoms with Gasteiger partial charge in [-0.1, -0.05) is 23.2 Å². The largest absolute Gasteiger partial charge is 0.338 e. The number of aromatic nitrogens is 4. The highest BCUT2D eigenvalue weighted by Gasteiger charge is 2.26. The van der Waals surface area contributed by atoms with Crippen molar-refractivity contribution in [1.82, 2.24) is 19.9 Å². The lowest BCUT2D eigenvalue weighted by atomic mass is 10.1. The van der Waals surface area contributed by atoms with Crippen molar-refractivity contribution in [3.8, 4) is 33.9 Å². The predicted molar refractivity (Wildman–Crippen MR) is 117 cm³/mol. The molecule has 7 nitrogen and oxygen atoms in total. The Balaban J connectivity index is 1.78. The lowest BCUT2D eigenvalue weighted by molar-refractivity contribution is 0.602. The molecule has 3 aromatic heterocycles. The van der Waals surface area contributed by atoms with Gasteiger partial charge in [-0.2, -0.15) is 0 Å². The van der Waals surface area contributed by atoms with E-state index in [0.29, 0.717) is 22.9 Å². The summed E-state index contributed by atoms with van der Waals surface area (Å²) in [5.74, 6) is 1.07. The number of benzene rings is 1. The first kappa shape index (κ1) is 19.0. The van der Waals surface area contributed by atoms with Gasteiger partial charge in [-0.05, 0) is 30.3 Å². The Morgan fingerprint density at radius 3 is 2.53 bits per heavy atom. The van der Waals surface area contributed by atoms with Crippen molar-refractivity contribution in [1.29, 1.82) is 0 Å². The molecule has 0 atom stereocenters. The average Bonchev–Trinajstić information content (AvgIpc) is 3.07. The Morgan fingerprint density at radius 1 is 1.03 bits per heavy atom. The van der Waals surface area contributed by atoms with Crippen LogP contribution in [0.1, 0.15) is 0 Å². The molecule has 0 unspecified atom stereocenters. The number of nitrogens with zero attached hydrogens (tertiary/aromatic N) is 3. The third kappa shape index (κ3) is 3.04. The summed E-state index contributed by atoms with van der Waals surface area (Å²) in [6, 6.07) is 8.36. The van der Waals surface area contributed by atoms with E-state index >= 15 is 0 Å². The van der Waals surface area contributed by atoms with E-state index in [1.165, 1.54) is 12.1 Å². The highest BCUT2D eigenvalue weighted by molar-refractivity contribution is 7.90. The number of aromatic amines is 1. The third-order valence-electron chi connectivity index (χ3n) is 4.79. The van der Waals surface area contributed by atoms with Gasteiger partial charge in [0.1, 0.15) is 17.3 Å². The number of sulfone groups is 1. The number of H-pyrrole nitrogens is 1. The molecule has 1 aromatic carbocycles. The van der Waals surface area contributed by atoms with Gasteiger partial charge < -0.3 is 10.3 Å². The number of hydrogen-bond donors (Lipinski definition) is 2. The van der Waals surface area contributed by atoms with Gasteiger partial charge in [0.15, 0.2) is 9.84 Å². The molecule has 1 aliphatic rings. The Morgan fingerprint density at radius 2 is 1.80 bits per heavy atom. The summed E-state index contributed by atoms with van der Waals surface area (Å²) < 4.78 is 23.8. The normalized spacial score (nSPS) is 12.4. The summed E-state index contributed by atoms with van der Waals surface area (Å²) >= 11 is 12.9. The maximum atomic E-state index is 11.9. The fourth-order valence-corrected chi connectivity index (χ4v) is 4.87. The van der Waals surface area contributed by atoms with Crippen LogP contribution < -0.4 is 5.32 Å². The summed E-state index contributed by atoms with van der Waals surface area (Å²) in [5, 5.41) is 3.66. The number of imidazole rings is 1. The number of fused-ring (bicyclic) bond motifs is 5. The summed E-state index contributed by atoms with van der Waals surface area (Å²) in [6.45, 7) is 0. The first-order valence-electron chi connectivity index (χ1n) is 8.79. The zero-order valence-corrected chi connectivity index (χ0v) is 17.8. The second kappa shape index (κ2) is 6.80. The van der Waals surface area contributed by atoms with Gasteiger partial charge in [0, 0.05) is 29.8 Å². The summed E-state index contributed by atoms with van der Waals surface area (Å²) in [4.78, 5) is 16.7. The molecule has 4 aromatic rings. The number of anilines is 2. The number of rotatable bonds is 2. The van der Waals surface area contributed by atoms with E-state index in [4.69, 9.17) is 28.2 Å². The van der Waals surface area contributed by atoms with Gasteiger partial charge in [-0.25, -0.2) is 18.4 Å². The second-order valence-corrected chi connectivity index (χ2v) is 9.62. The van der Waals surface area contributed by atoms with Crippen LogP contribution in [0, 0.1) is 0 Å². The van der Waals surface area contributed by atoms with Gasteiger partial charge in [0.25, 0.3) is 0 Å². The molecule has 2 N–H and O–H groups in total. The smallest absolute Gasteiger partial charge is 0.175 e. The van der Waals surface area contributed by atoms with Gasteiger partial charge in [-0.3, -0.25) is 4.98 Å². The quantitative estimate of drug-likeness (QED) is 0.388. The molecular formula is C20H13Cl2N5O2S. The van der Waals surface area contributed by atoms with Crippen LogP contribution in [0.3, 0.4) is 0 Å². The van der Waals surface area contributed by atoms with E-state index < -0.39 is 9.84 Å². The zero-order chi connectivity index (χ0) is 21.0. The van der Waals surface area contributed by atoms with Crippen LogP contribution in [-0.2, 0) is 9.84 Å². The first-order valence-corrected chi connectivity index (χ1v) is 11.4. The monoisotopic (exact) mass is 457 g/mol. The van der Waals surface area contributed by atoms with E-state index in [1.54, 1.807) is 18.6 Å². The lowest BCUT2D eigenvalue weighted by Crippen LogP contribution is -1.98. The van der Waals surface area contributed by atoms with Crippen molar-refractivity contribution >= 4 is 44.5 Å². The fourth-order valence-electron chi connectivity index (χ4n) is 3.41. The predicted octanol–water partition coefficient (Wildman–Crippen LogP) is 4.97. The van der Waals surface area contributed by atoms with Crippen LogP contribution in [0.25, 0.3) is 33.9 Å². The second-order valence-electron chi connectivity index (χ2n) is 6.79. The molecule has 0 saturated carbocycles. The Kier molecular flexibility index (Phi) is 4.32. The number of halogens is 2. The van der Waals surface area contributed by atoms with Gasteiger partial charge in [0.05, 0.1) is 38.1 Å². The highest BCUT2D eigenvalue weighted by Crippen LogP contribution is 2.44. The minimum Gasteiger partial charge on any atom is -0.338 e. The zero-order valence-electron chi connectivity index (χ0n) is 15.4. The van der Waals surface area contributed by atoms with Crippen molar-refractivity contribution in [2.75, 3.05) is 11.6 Å². The van der Waals surface area contributed by atoms with Crippen LogP contribution in [0.2, 0.25) is 10.0 Å². The average molecular weight is 458 g/mol. The summed E-state index contributed by atoms with van der Waals surface area (Å²) in [6.07, 6.45) is 6.20. The first-order chi connectivity index (χ1) is 14.3. The minimum atomic E-state index is -3.46. The van der Waals surface area contributed by atoms with Crippen molar-refractivity contribution in [3.63, 3.8) is 0 Å². The molecule has 0 amide bonds.